The molecular formula is C14H13N3O2S2. The predicted molar refractivity (Wildman–Crippen MR) is 84.6 cm³/mol. The molecule has 0 aliphatic rings. The first-order valence-corrected chi connectivity index (χ1v) is 8.10. The molecule has 21 heavy (non-hydrogen) atoms. The van der Waals surface area contributed by atoms with E-state index in [1.807, 2.05) is 35.0 Å². The van der Waals surface area contributed by atoms with E-state index in [1.54, 1.807) is 30.2 Å². The lowest BCUT2D eigenvalue weighted by atomic mass is 10.3. The van der Waals surface area contributed by atoms with Crippen LogP contribution in [0.25, 0.3) is 11.5 Å². The molecule has 2 heterocycles. The van der Waals surface area contributed by atoms with Gasteiger partial charge in [0.2, 0.25) is 0 Å². The van der Waals surface area contributed by atoms with Crippen LogP contribution in [0.5, 0.6) is 5.75 Å². The van der Waals surface area contributed by atoms with Crippen molar-refractivity contribution in [3.8, 4) is 17.2 Å². The maximum absolute atomic E-state index is 5.95. The third-order valence-electron chi connectivity index (χ3n) is 2.81. The zero-order valence-electron chi connectivity index (χ0n) is 11.3. The van der Waals surface area contributed by atoms with Gasteiger partial charge >= 0.3 is 0 Å². The maximum Gasteiger partial charge on any atom is 0.258 e. The summed E-state index contributed by atoms with van der Waals surface area (Å²) in [6.45, 7) is 0. The first-order chi connectivity index (χ1) is 10.3. The molecule has 2 aromatic heterocycles. The number of anilines is 1. The van der Waals surface area contributed by atoms with Crippen LogP contribution in [0, 0.1) is 0 Å². The highest BCUT2D eigenvalue weighted by molar-refractivity contribution is 7.98. The molecule has 7 heteroatoms. The lowest BCUT2D eigenvalue weighted by molar-refractivity contribution is 0.414. The van der Waals surface area contributed by atoms with Gasteiger partial charge in [-0.25, -0.2) is 0 Å². The van der Waals surface area contributed by atoms with E-state index in [0.29, 0.717) is 23.2 Å². The average molecular weight is 319 g/mol. The molecule has 2 N–H and O–H groups in total. The van der Waals surface area contributed by atoms with E-state index in [1.165, 1.54) is 0 Å². The van der Waals surface area contributed by atoms with Gasteiger partial charge in [-0.2, -0.15) is 16.3 Å². The van der Waals surface area contributed by atoms with Gasteiger partial charge in [0.05, 0.1) is 18.4 Å². The number of benzene rings is 1. The van der Waals surface area contributed by atoms with Crippen molar-refractivity contribution < 1.29 is 9.26 Å². The van der Waals surface area contributed by atoms with Crippen molar-refractivity contribution in [3.05, 3.63) is 40.8 Å². The zero-order chi connectivity index (χ0) is 14.7. The lowest BCUT2D eigenvalue weighted by Crippen LogP contribution is -1.91. The van der Waals surface area contributed by atoms with E-state index >= 15 is 0 Å². The Morgan fingerprint density at radius 3 is 3.05 bits per heavy atom. The number of methoxy groups -OCH3 is 1. The molecule has 3 aromatic rings. The van der Waals surface area contributed by atoms with E-state index in [0.717, 1.165) is 16.2 Å². The Morgan fingerprint density at radius 2 is 2.29 bits per heavy atom. The van der Waals surface area contributed by atoms with Crippen molar-refractivity contribution in [1.82, 2.24) is 10.1 Å². The number of aromatic nitrogens is 2. The number of hydrogen-bond acceptors (Lipinski definition) is 7. The quantitative estimate of drug-likeness (QED) is 0.571. The van der Waals surface area contributed by atoms with Crippen LogP contribution in [0.2, 0.25) is 0 Å². The molecule has 5 nitrogen and oxygen atoms in total. The number of thioether (sulfide) groups is 1. The molecule has 0 atom stereocenters. The third-order valence-corrected chi connectivity index (χ3v) is 4.56. The summed E-state index contributed by atoms with van der Waals surface area (Å²) in [7, 11) is 1.63. The first kappa shape index (κ1) is 14.0. The number of rotatable bonds is 5. The van der Waals surface area contributed by atoms with Crippen molar-refractivity contribution in [3.63, 3.8) is 0 Å². The van der Waals surface area contributed by atoms with E-state index < -0.39 is 0 Å². The Balaban J connectivity index is 1.71. The second-order valence-corrected chi connectivity index (χ2v) is 6.02. The molecule has 0 aliphatic carbocycles. The van der Waals surface area contributed by atoms with E-state index in [4.69, 9.17) is 15.0 Å². The van der Waals surface area contributed by atoms with Crippen LogP contribution < -0.4 is 10.5 Å². The molecule has 0 bridgehead atoms. The fourth-order valence-electron chi connectivity index (χ4n) is 1.72. The van der Waals surface area contributed by atoms with Crippen LogP contribution in [-0.4, -0.2) is 17.3 Å². The molecule has 0 spiro atoms. The van der Waals surface area contributed by atoms with Gasteiger partial charge in [-0.3, -0.25) is 0 Å². The van der Waals surface area contributed by atoms with Crippen molar-refractivity contribution >= 4 is 28.8 Å². The Hall–Kier alpha value is -1.99. The number of ether oxygens (including phenoxy) is 1. The van der Waals surface area contributed by atoms with E-state index in [2.05, 4.69) is 10.1 Å². The van der Waals surface area contributed by atoms with Crippen LogP contribution in [0.1, 0.15) is 5.82 Å². The van der Waals surface area contributed by atoms with Crippen molar-refractivity contribution in [2.24, 2.45) is 0 Å². The molecule has 1 aromatic carbocycles. The highest BCUT2D eigenvalue weighted by Gasteiger charge is 2.10. The van der Waals surface area contributed by atoms with Crippen LogP contribution in [0.15, 0.2) is 44.4 Å². The number of nitrogens with zero attached hydrogens (tertiary/aromatic N) is 2. The van der Waals surface area contributed by atoms with Gasteiger partial charge in [-0.1, -0.05) is 5.16 Å². The Labute approximate surface area is 130 Å². The number of nitrogens with two attached hydrogens (primary N) is 1. The lowest BCUT2D eigenvalue weighted by Gasteiger charge is -2.06. The van der Waals surface area contributed by atoms with Gasteiger partial charge in [0.25, 0.3) is 5.89 Å². The second kappa shape index (κ2) is 6.19. The van der Waals surface area contributed by atoms with Gasteiger partial charge in [-0.05, 0) is 29.6 Å². The largest absolute Gasteiger partial charge is 0.497 e. The molecule has 0 fully saturated rings. The SMILES string of the molecule is COc1ccc(N)c(SCc2noc(-c3ccsc3)n2)c1. The summed E-state index contributed by atoms with van der Waals surface area (Å²) in [5.41, 5.74) is 7.61. The Kier molecular flexibility index (Phi) is 4.12. The number of nitrogen functional groups attached to an aromatic ring is 1. The maximum atomic E-state index is 5.95. The summed E-state index contributed by atoms with van der Waals surface area (Å²) in [5, 5.41) is 7.94. The molecule has 0 saturated carbocycles. The van der Waals surface area contributed by atoms with Crippen LogP contribution in [-0.2, 0) is 5.75 Å². The van der Waals surface area contributed by atoms with Gasteiger partial charge in [0.15, 0.2) is 5.82 Å². The summed E-state index contributed by atoms with van der Waals surface area (Å²) in [6.07, 6.45) is 0. The van der Waals surface area contributed by atoms with Crippen LogP contribution >= 0.6 is 23.1 Å². The minimum Gasteiger partial charge on any atom is -0.497 e. The fourth-order valence-corrected chi connectivity index (χ4v) is 3.19. The molecule has 0 aliphatic heterocycles. The zero-order valence-corrected chi connectivity index (χ0v) is 12.9. The third kappa shape index (κ3) is 3.20. The van der Waals surface area contributed by atoms with Crippen LogP contribution in [0.4, 0.5) is 5.69 Å². The molecule has 108 valence electrons. The molecule has 0 radical (unpaired) electrons. The van der Waals surface area contributed by atoms with Crippen LogP contribution in [0.3, 0.4) is 0 Å². The van der Waals surface area contributed by atoms with Gasteiger partial charge in [-0.15, -0.1) is 11.8 Å². The highest BCUT2D eigenvalue weighted by Crippen LogP contribution is 2.31. The van der Waals surface area contributed by atoms with Gasteiger partial charge < -0.3 is 15.0 Å². The van der Waals surface area contributed by atoms with Crippen molar-refractivity contribution in [2.75, 3.05) is 12.8 Å². The monoisotopic (exact) mass is 319 g/mol. The Bertz CT molecular complexity index is 726. The predicted octanol–water partition coefficient (Wildman–Crippen LogP) is 3.68. The average Bonchev–Trinajstić information content (AvgIpc) is 3.17. The summed E-state index contributed by atoms with van der Waals surface area (Å²) >= 11 is 3.15. The highest BCUT2D eigenvalue weighted by atomic mass is 32.2. The molecular weight excluding hydrogens is 306 g/mol. The summed E-state index contributed by atoms with van der Waals surface area (Å²) in [6, 6.07) is 7.52. The minimum absolute atomic E-state index is 0.547. The molecule has 0 saturated heterocycles. The smallest absolute Gasteiger partial charge is 0.258 e. The second-order valence-electron chi connectivity index (χ2n) is 4.22. The van der Waals surface area contributed by atoms with Crippen molar-refractivity contribution in [1.29, 1.82) is 0 Å². The molecule has 0 unspecified atom stereocenters. The van der Waals surface area contributed by atoms with E-state index in [-0.39, 0.29) is 0 Å². The standard InChI is InChI=1S/C14H13N3O2S2/c1-18-10-2-3-11(15)12(6-10)21-8-13-16-14(19-17-13)9-4-5-20-7-9/h2-7H,8,15H2,1H3. The van der Waals surface area contributed by atoms with Gasteiger partial charge in [0, 0.05) is 16.0 Å². The number of thiophene rings is 1. The topological polar surface area (TPSA) is 74.2 Å². The summed E-state index contributed by atoms with van der Waals surface area (Å²) in [4.78, 5) is 5.32. The molecule has 0 amide bonds. The fraction of sp³-hybridized carbons (Fsp3) is 0.143. The first-order valence-electron chi connectivity index (χ1n) is 6.18. The minimum atomic E-state index is 0.547. The number of hydrogen-bond donors (Lipinski definition) is 1. The molecule has 3 rings (SSSR count). The van der Waals surface area contributed by atoms with E-state index in [9.17, 15) is 0 Å². The summed E-state index contributed by atoms with van der Waals surface area (Å²) in [5.74, 6) is 2.55. The van der Waals surface area contributed by atoms with Crippen molar-refractivity contribution in [2.45, 2.75) is 10.6 Å². The summed E-state index contributed by atoms with van der Waals surface area (Å²) < 4.78 is 10.4. The normalized spacial score (nSPS) is 10.7. The Morgan fingerprint density at radius 1 is 1.38 bits per heavy atom. The van der Waals surface area contributed by atoms with Gasteiger partial charge in [0.1, 0.15) is 5.75 Å².